The van der Waals surface area contributed by atoms with Crippen LogP contribution in [0.1, 0.15) is 25.7 Å². The lowest BCUT2D eigenvalue weighted by Gasteiger charge is -2.28. The second kappa shape index (κ2) is 9.63. The summed E-state index contributed by atoms with van der Waals surface area (Å²) in [6.45, 7) is 0. The first-order valence-corrected chi connectivity index (χ1v) is 11.9. The molecule has 28 heavy (non-hydrogen) atoms. The van der Waals surface area contributed by atoms with Gasteiger partial charge in [0.15, 0.2) is 5.78 Å². The first-order chi connectivity index (χ1) is 13.3. The van der Waals surface area contributed by atoms with Crippen molar-refractivity contribution in [2.45, 2.75) is 25.7 Å². The molecule has 3 aromatic rings. The van der Waals surface area contributed by atoms with Crippen LogP contribution in [-0.2, 0) is 4.79 Å². The number of benzene rings is 3. The van der Waals surface area contributed by atoms with Crippen LogP contribution >= 0.6 is 7.26 Å². The third-order valence-electron chi connectivity index (χ3n) is 5.79. The molecule has 3 aromatic carbocycles. The Kier molecular flexibility index (Phi) is 7.21. The Bertz CT molecular complexity index is 778. The lowest BCUT2D eigenvalue weighted by molar-refractivity contribution is -0.120. The van der Waals surface area contributed by atoms with Crippen molar-refractivity contribution in [3.8, 4) is 0 Å². The molecule has 1 nitrogen and oxygen atoms in total. The first kappa shape index (κ1) is 21.0. The molecule has 0 bridgehead atoms. The first-order valence-electron chi connectivity index (χ1n) is 9.88. The predicted octanol–water partition coefficient (Wildman–Crippen LogP) is 1.74. The zero-order valence-corrected chi connectivity index (χ0v) is 18.5. The van der Waals surface area contributed by atoms with Gasteiger partial charge in [-0.05, 0) is 49.2 Å². The average molecular weight is 453 g/mol. The molecule has 0 N–H and O–H groups in total. The van der Waals surface area contributed by atoms with Crippen molar-refractivity contribution in [3.05, 3.63) is 91.0 Å². The number of carbonyl (C=O) groups excluding carboxylic acids is 1. The fourth-order valence-electron chi connectivity index (χ4n) is 4.38. The summed E-state index contributed by atoms with van der Waals surface area (Å²) in [6.07, 6.45) is 5.16. The molecule has 0 spiro atoms. The SMILES string of the molecule is O=C(C[P+](c1ccccc1)(c1ccccc1)c1ccccc1)C1CCCC1.[Br-]. The van der Waals surface area contributed by atoms with E-state index in [-0.39, 0.29) is 22.9 Å². The highest BCUT2D eigenvalue weighted by atomic mass is 79.9. The summed E-state index contributed by atoms with van der Waals surface area (Å²) in [6, 6.07) is 32.1. The van der Waals surface area contributed by atoms with E-state index in [1.54, 1.807) is 0 Å². The van der Waals surface area contributed by atoms with Crippen LogP contribution in [0.15, 0.2) is 91.0 Å². The van der Waals surface area contributed by atoms with Crippen molar-refractivity contribution in [1.29, 1.82) is 0 Å². The van der Waals surface area contributed by atoms with Gasteiger partial charge < -0.3 is 17.0 Å². The molecule has 0 saturated heterocycles. The van der Waals surface area contributed by atoms with Crippen LogP contribution in [0.3, 0.4) is 0 Å². The Balaban J connectivity index is 0.00000225. The fourth-order valence-corrected chi connectivity index (χ4v) is 8.59. The number of Topliss-reactive ketones (excluding diaryl/α,β-unsaturated/α-hetero) is 1. The van der Waals surface area contributed by atoms with Gasteiger partial charge in [-0.15, -0.1) is 0 Å². The summed E-state index contributed by atoms with van der Waals surface area (Å²) in [4.78, 5) is 13.4. The van der Waals surface area contributed by atoms with Crippen molar-refractivity contribution in [1.82, 2.24) is 0 Å². The number of rotatable bonds is 6. The van der Waals surface area contributed by atoms with E-state index in [9.17, 15) is 4.79 Å². The normalized spacial score (nSPS) is 14.4. The van der Waals surface area contributed by atoms with Crippen molar-refractivity contribution >= 4 is 29.0 Å². The highest BCUT2D eigenvalue weighted by Gasteiger charge is 2.48. The monoisotopic (exact) mass is 452 g/mol. The maximum atomic E-state index is 13.4. The van der Waals surface area contributed by atoms with Crippen LogP contribution in [0.25, 0.3) is 0 Å². The molecule has 0 heterocycles. The topological polar surface area (TPSA) is 17.1 Å². The molecule has 1 aliphatic rings. The molecule has 0 unspecified atom stereocenters. The summed E-state index contributed by atoms with van der Waals surface area (Å²) >= 11 is 0. The van der Waals surface area contributed by atoms with Gasteiger partial charge in [0.25, 0.3) is 0 Å². The molecule has 1 saturated carbocycles. The third-order valence-corrected chi connectivity index (χ3v) is 10.1. The molecule has 0 radical (unpaired) electrons. The largest absolute Gasteiger partial charge is 1.00 e. The van der Waals surface area contributed by atoms with E-state index in [0.29, 0.717) is 11.9 Å². The van der Waals surface area contributed by atoms with Crippen LogP contribution in [0.4, 0.5) is 0 Å². The lowest BCUT2D eigenvalue weighted by Crippen LogP contribution is -3.00. The van der Waals surface area contributed by atoms with Crippen LogP contribution in [0, 0.1) is 5.92 Å². The van der Waals surface area contributed by atoms with E-state index >= 15 is 0 Å². The molecular weight excluding hydrogens is 427 g/mol. The van der Waals surface area contributed by atoms with Crippen molar-refractivity contribution in [2.24, 2.45) is 5.92 Å². The molecule has 0 amide bonds. The minimum absolute atomic E-state index is 0. The van der Waals surface area contributed by atoms with Crippen LogP contribution in [-0.4, -0.2) is 11.9 Å². The van der Waals surface area contributed by atoms with Gasteiger partial charge in [-0.1, -0.05) is 67.4 Å². The van der Waals surface area contributed by atoms with Gasteiger partial charge in [-0.25, -0.2) is 0 Å². The standard InChI is InChI=1S/C25H26OP.BrH/c26-25(21-12-10-11-13-21)20-27(22-14-4-1-5-15-22,23-16-6-2-7-17-23)24-18-8-3-9-19-24;/h1-9,14-19,21H,10-13,20H2;1H/q+1;/p-1. The van der Waals surface area contributed by atoms with E-state index in [2.05, 4.69) is 91.0 Å². The summed E-state index contributed by atoms with van der Waals surface area (Å²) in [7, 11) is -2.01. The molecular formula is C25H26BrOP. The smallest absolute Gasteiger partial charge is 0.174 e. The van der Waals surface area contributed by atoms with Gasteiger partial charge in [0.05, 0.1) is 0 Å². The Morgan fingerprint density at radius 1 is 0.679 bits per heavy atom. The average Bonchev–Trinajstić information content (AvgIpc) is 3.29. The van der Waals surface area contributed by atoms with Gasteiger partial charge in [0.2, 0.25) is 0 Å². The van der Waals surface area contributed by atoms with Gasteiger partial charge in [-0.3, -0.25) is 4.79 Å². The predicted molar refractivity (Wildman–Crippen MR) is 117 cm³/mol. The maximum absolute atomic E-state index is 13.4. The van der Waals surface area contributed by atoms with Gasteiger partial charge >= 0.3 is 0 Å². The van der Waals surface area contributed by atoms with Crippen molar-refractivity contribution < 1.29 is 21.8 Å². The fraction of sp³-hybridized carbons (Fsp3) is 0.240. The van der Waals surface area contributed by atoms with Crippen molar-refractivity contribution in [3.63, 3.8) is 0 Å². The van der Waals surface area contributed by atoms with E-state index in [1.807, 2.05) is 0 Å². The maximum Gasteiger partial charge on any atom is 0.174 e. The van der Waals surface area contributed by atoms with Crippen LogP contribution in [0.5, 0.6) is 0 Å². The zero-order chi connectivity index (χ0) is 18.5. The Morgan fingerprint density at radius 3 is 1.39 bits per heavy atom. The van der Waals surface area contributed by atoms with Crippen LogP contribution < -0.4 is 32.9 Å². The molecule has 1 aliphatic carbocycles. The molecule has 144 valence electrons. The minimum atomic E-state index is -2.01. The minimum Gasteiger partial charge on any atom is -1.00 e. The molecule has 0 atom stereocenters. The van der Waals surface area contributed by atoms with Gasteiger partial charge in [-0.2, -0.15) is 0 Å². The molecule has 0 aliphatic heterocycles. The zero-order valence-electron chi connectivity index (χ0n) is 16.0. The summed E-state index contributed by atoms with van der Waals surface area (Å²) in [5.74, 6) is 0.706. The van der Waals surface area contributed by atoms with E-state index in [0.717, 1.165) is 12.8 Å². The summed E-state index contributed by atoms with van der Waals surface area (Å²) in [5.41, 5.74) is 0. The quantitative estimate of drug-likeness (QED) is 0.520. The Hall–Kier alpha value is -1.76. The van der Waals surface area contributed by atoms with E-state index < -0.39 is 7.26 Å². The number of hydrogen-bond acceptors (Lipinski definition) is 1. The third kappa shape index (κ3) is 4.14. The second-order valence-electron chi connectivity index (χ2n) is 7.42. The van der Waals surface area contributed by atoms with E-state index in [1.165, 1.54) is 28.8 Å². The molecule has 3 heteroatoms. The molecule has 0 aromatic heterocycles. The highest BCUT2D eigenvalue weighted by Crippen LogP contribution is 2.55. The molecule has 1 fully saturated rings. The number of ketones is 1. The van der Waals surface area contributed by atoms with E-state index in [4.69, 9.17) is 0 Å². The lowest BCUT2D eigenvalue weighted by atomic mass is 10.0. The number of halogens is 1. The summed E-state index contributed by atoms with van der Waals surface area (Å²) < 4.78 is 0. The van der Waals surface area contributed by atoms with Gasteiger partial charge in [0, 0.05) is 5.92 Å². The number of hydrogen-bond donors (Lipinski definition) is 0. The second-order valence-corrected chi connectivity index (χ2v) is 10.9. The Morgan fingerprint density at radius 2 is 1.04 bits per heavy atom. The Labute approximate surface area is 179 Å². The van der Waals surface area contributed by atoms with Crippen molar-refractivity contribution in [2.75, 3.05) is 6.16 Å². The molecule has 4 rings (SSSR count). The van der Waals surface area contributed by atoms with Crippen LogP contribution in [0.2, 0.25) is 0 Å². The van der Waals surface area contributed by atoms with Gasteiger partial charge in [0.1, 0.15) is 29.3 Å². The highest BCUT2D eigenvalue weighted by molar-refractivity contribution is 7.96. The number of carbonyl (C=O) groups is 1. The summed E-state index contributed by atoms with van der Waals surface area (Å²) in [5, 5.41) is 3.90.